The quantitative estimate of drug-likeness (QED) is 0.349. The summed E-state index contributed by atoms with van der Waals surface area (Å²) in [7, 11) is 0. The maximum absolute atomic E-state index is 13.1. The predicted octanol–water partition coefficient (Wildman–Crippen LogP) is 4.28. The van der Waals surface area contributed by atoms with Gasteiger partial charge in [0.25, 0.3) is 0 Å². The fourth-order valence-corrected chi connectivity index (χ4v) is 4.65. The van der Waals surface area contributed by atoms with Crippen LogP contribution in [0.1, 0.15) is 10.4 Å². The van der Waals surface area contributed by atoms with Crippen molar-refractivity contribution in [2.45, 2.75) is 19.6 Å². The Balaban J connectivity index is 1.29. The van der Waals surface area contributed by atoms with Gasteiger partial charge in [-0.3, -0.25) is 4.57 Å². The third-order valence-corrected chi connectivity index (χ3v) is 6.36. The number of aromatic nitrogens is 3. The first-order valence-electron chi connectivity index (χ1n) is 10.5. The zero-order valence-electron chi connectivity index (χ0n) is 17.4. The van der Waals surface area contributed by atoms with Crippen molar-refractivity contribution in [3.63, 3.8) is 0 Å². The van der Waals surface area contributed by atoms with Crippen molar-refractivity contribution in [1.82, 2.24) is 24.8 Å². The predicted molar refractivity (Wildman–Crippen MR) is 128 cm³/mol. The molecule has 0 aliphatic rings. The number of nitrogens with one attached hydrogen (secondary N) is 3. The second-order valence-corrected chi connectivity index (χ2v) is 8.70. The lowest BCUT2D eigenvalue weighted by atomic mass is 10.1. The molecule has 2 amide bonds. The second-order valence-electron chi connectivity index (χ2n) is 7.67. The third kappa shape index (κ3) is 4.17. The Hall–Kier alpha value is -3.78. The van der Waals surface area contributed by atoms with Gasteiger partial charge in [-0.25, -0.2) is 9.59 Å². The molecule has 0 spiro atoms. The molecule has 7 nitrogen and oxygen atoms in total. The number of para-hydroxylation sites is 2. The Morgan fingerprint density at radius 2 is 1.94 bits per heavy atom. The minimum absolute atomic E-state index is 0.152. The second kappa shape index (κ2) is 8.76. The van der Waals surface area contributed by atoms with Crippen LogP contribution in [0.15, 0.2) is 77.0 Å². The maximum Gasteiger partial charge on any atom is 0.326 e. The molecule has 0 saturated carbocycles. The van der Waals surface area contributed by atoms with Crippen LogP contribution in [0.4, 0.5) is 4.79 Å². The first-order valence-corrected chi connectivity index (χ1v) is 11.3. The normalized spacial score (nSPS) is 11.2. The fourth-order valence-electron chi connectivity index (χ4n) is 3.93. The van der Waals surface area contributed by atoms with E-state index in [1.54, 1.807) is 20.8 Å². The van der Waals surface area contributed by atoms with Crippen molar-refractivity contribution in [3.05, 3.63) is 93.2 Å². The van der Waals surface area contributed by atoms with Crippen LogP contribution in [0.25, 0.3) is 21.9 Å². The van der Waals surface area contributed by atoms with Gasteiger partial charge in [-0.05, 0) is 52.7 Å². The number of hydrogen-bond donors (Lipinski definition) is 3. The molecule has 0 bridgehead atoms. The number of benzene rings is 2. The van der Waals surface area contributed by atoms with Gasteiger partial charge in [-0.1, -0.05) is 24.3 Å². The number of urea groups is 1. The van der Waals surface area contributed by atoms with E-state index in [9.17, 15) is 9.59 Å². The van der Waals surface area contributed by atoms with Crippen LogP contribution in [-0.2, 0) is 19.6 Å². The maximum atomic E-state index is 13.1. The molecule has 3 aromatic heterocycles. The summed E-state index contributed by atoms with van der Waals surface area (Å²) in [5.41, 5.74) is 3.60. The molecule has 32 heavy (non-hydrogen) atoms. The lowest BCUT2D eigenvalue weighted by Crippen LogP contribution is -2.40. The summed E-state index contributed by atoms with van der Waals surface area (Å²) in [5.74, 6) is 0. The minimum atomic E-state index is -0.171. The Labute approximate surface area is 188 Å². The van der Waals surface area contributed by atoms with E-state index in [0.29, 0.717) is 26.2 Å². The van der Waals surface area contributed by atoms with Gasteiger partial charge < -0.3 is 20.2 Å². The highest BCUT2D eigenvalue weighted by Crippen LogP contribution is 2.18. The number of hydrogen-bond acceptors (Lipinski definition) is 3. The number of rotatable bonds is 7. The van der Waals surface area contributed by atoms with Gasteiger partial charge in [0.05, 0.1) is 17.6 Å². The summed E-state index contributed by atoms with van der Waals surface area (Å²) >= 11 is 1.63. The molecule has 162 valence electrons. The summed E-state index contributed by atoms with van der Waals surface area (Å²) in [6.07, 6.45) is 1.91. The summed E-state index contributed by atoms with van der Waals surface area (Å²) in [6.45, 7) is 1.79. The SMILES string of the molecule is O=C(NCCn1c(=O)[nH]c2ccccc21)N(Cc1ccc2[nH]ccc2c1)Cc1cccs1. The van der Waals surface area contributed by atoms with Gasteiger partial charge in [0.1, 0.15) is 0 Å². The molecule has 5 aromatic rings. The van der Waals surface area contributed by atoms with Crippen LogP contribution in [0.5, 0.6) is 0 Å². The highest BCUT2D eigenvalue weighted by molar-refractivity contribution is 7.09. The van der Waals surface area contributed by atoms with Crippen molar-refractivity contribution in [1.29, 1.82) is 0 Å². The lowest BCUT2D eigenvalue weighted by molar-refractivity contribution is 0.192. The molecule has 0 unspecified atom stereocenters. The molecule has 3 N–H and O–H groups in total. The number of fused-ring (bicyclic) bond motifs is 2. The Bertz CT molecular complexity index is 1410. The summed E-state index contributed by atoms with van der Waals surface area (Å²) in [5, 5.41) is 6.13. The van der Waals surface area contributed by atoms with E-state index in [4.69, 9.17) is 0 Å². The standard InChI is InChI=1S/C24H23N5O2S/c30-23(26-11-12-29-22-6-2-1-5-21(22)27-24(29)31)28(16-19-4-3-13-32-19)15-17-7-8-20-18(14-17)9-10-25-20/h1-10,13-14,25H,11-12,15-16H2,(H,26,30)(H,27,31). The number of thiophene rings is 1. The minimum Gasteiger partial charge on any atom is -0.361 e. The number of amides is 2. The number of aromatic amines is 2. The largest absolute Gasteiger partial charge is 0.361 e. The number of carbonyl (C=O) groups excluding carboxylic acids is 1. The Morgan fingerprint density at radius 1 is 1.03 bits per heavy atom. The monoisotopic (exact) mass is 445 g/mol. The van der Waals surface area contributed by atoms with E-state index >= 15 is 0 Å². The summed E-state index contributed by atoms with van der Waals surface area (Å²) in [6, 6.07) is 19.6. The number of imidazole rings is 1. The van der Waals surface area contributed by atoms with E-state index in [1.165, 1.54) is 0 Å². The fraction of sp³-hybridized carbons (Fsp3) is 0.167. The number of H-pyrrole nitrogens is 2. The number of carbonyl (C=O) groups is 1. The lowest BCUT2D eigenvalue weighted by Gasteiger charge is -2.23. The molecule has 0 aliphatic heterocycles. The molecule has 2 aromatic carbocycles. The van der Waals surface area contributed by atoms with E-state index in [0.717, 1.165) is 32.4 Å². The Morgan fingerprint density at radius 3 is 2.81 bits per heavy atom. The van der Waals surface area contributed by atoms with E-state index in [2.05, 4.69) is 21.4 Å². The first kappa shape index (κ1) is 20.1. The highest BCUT2D eigenvalue weighted by atomic mass is 32.1. The van der Waals surface area contributed by atoms with Crippen LogP contribution in [0.3, 0.4) is 0 Å². The zero-order chi connectivity index (χ0) is 21.9. The van der Waals surface area contributed by atoms with Gasteiger partial charge in [0, 0.05) is 36.2 Å². The van der Waals surface area contributed by atoms with E-state index < -0.39 is 0 Å². The van der Waals surface area contributed by atoms with Gasteiger partial charge in [0.15, 0.2) is 0 Å². The van der Waals surface area contributed by atoms with Gasteiger partial charge in [0.2, 0.25) is 0 Å². The molecular weight excluding hydrogens is 422 g/mol. The number of nitrogens with zero attached hydrogens (tertiary/aromatic N) is 2. The summed E-state index contributed by atoms with van der Waals surface area (Å²) in [4.78, 5) is 34.3. The molecule has 0 aliphatic carbocycles. The van der Waals surface area contributed by atoms with Crippen LogP contribution in [0.2, 0.25) is 0 Å². The molecule has 3 heterocycles. The van der Waals surface area contributed by atoms with Crippen molar-refractivity contribution >= 4 is 39.3 Å². The van der Waals surface area contributed by atoms with Gasteiger partial charge >= 0.3 is 11.7 Å². The molecule has 0 radical (unpaired) electrons. The van der Waals surface area contributed by atoms with Crippen LogP contribution in [0, 0.1) is 0 Å². The molecular formula is C24H23N5O2S. The molecule has 0 atom stereocenters. The van der Waals surface area contributed by atoms with Crippen molar-refractivity contribution in [2.24, 2.45) is 0 Å². The zero-order valence-corrected chi connectivity index (χ0v) is 18.2. The van der Waals surface area contributed by atoms with Crippen LogP contribution >= 0.6 is 11.3 Å². The van der Waals surface area contributed by atoms with E-state index in [-0.39, 0.29) is 11.7 Å². The van der Waals surface area contributed by atoms with Crippen LogP contribution in [-0.4, -0.2) is 32.0 Å². The van der Waals surface area contributed by atoms with Crippen molar-refractivity contribution in [2.75, 3.05) is 6.54 Å². The third-order valence-electron chi connectivity index (χ3n) is 5.50. The topological polar surface area (TPSA) is 85.9 Å². The average Bonchev–Trinajstić information content (AvgIpc) is 3.53. The first-order chi connectivity index (χ1) is 15.7. The smallest absolute Gasteiger partial charge is 0.326 e. The molecule has 0 fully saturated rings. The highest BCUT2D eigenvalue weighted by Gasteiger charge is 2.16. The van der Waals surface area contributed by atoms with E-state index in [1.807, 2.05) is 66.2 Å². The molecule has 5 rings (SSSR count). The molecule has 0 saturated heterocycles. The van der Waals surface area contributed by atoms with Gasteiger partial charge in [-0.2, -0.15) is 0 Å². The van der Waals surface area contributed by atoms with Gasteiger partial charge in [-0.15, -0.1) is 11.3 Å². The summed E-state index contributed by atoms with van der Waals surface area (Å²) < 4.78 is 1.65. The molecule has 8 heteroatoms. The Kier molecular flexibility index (Phi) is 5.51. The van der Waals surface area contributed by atoms with Crippen LogP contribution < -0.4 is 11.0 Å². The average molecular weight is 446 g/mol. The van der Waals surface area contributed by atoms with Crippen molar-refractivity contribution < 1.29 is 4.79 Å². The van der Waals surface area contributed by atoms with Crippen molar-refractivity contribution in [3.8, 4) is 0 Å².